The summed E-state index contributed by atoms with van der Waals surface area (Å²) in [4.78, 5) is 16.9. The molecule has 0 fully saturated rings. The van der Waals surface area contributed by atoms with Gasteiger partial charge in [-0.25, -0.2) is 4.98 Å². The van der Waals surface area contributed by atoms with Gasteiger partial charge in [0.1, 0.15) is 5.01 Å². The summed E-state index contributed by atoms with van der Waals surface area (Å²) in [5.74, 6) is -0.0633. The number of nitrogens with zero attached hydrogens (tertiary/aromatic N) is 1. The summed E-state index contributed by atoms with van der Waals surface area (Å²) in [6, 6.07) is 27.6. The smallest absolute Gasteiger partial charge is 0.251 e. The minimum atomic E-state index is -0.0633. The number of benzene rings is 3. The van der Waals surface area contributed by atoms with Gasteiger partial charge in [-0.2, -0.15) is 0 Å². The normalized spacial score (nSPS) is 10.5. The lowest BCUT2D eigenvalue weighted by atomic mass is 10.1. The number of thiazole rings is 1. The number of aromatic nitrogens is 1. The second-order valence-electron chi connectivity index (χ2n) is 6.15. The lowest BCUT2D eigenvalue weighted by molar-refractivity contribution is 0.0951. The van der Waals surface area contributed by atoms with E-state index in [1.54, 1.807) is 11.3 Å². The van der Waals surface area contributed by atoms with Gasteiger partial charge >= 0.3 is 0 Å². The van der Waals surface area contributed by atoms with Crippen LogP contribution in [0.3, 0.4) is 0 Å². The summed E-state index contributed by atoms with van der Waals surface area (Å²) >= 11 is 1.65. The Kier molecular flexibility index (Phi) is 5.08. The minimum absolute atomic E-state index is 0.0633. The molecule has 3 nitrogen and oxygen atoms in total. The average molecular weight is 370 g/mol. The quantitative estimate of drug-likeness (QED) is 0.510. The Morgan fingerprint density at radius 2 is 1.48 bits per heavy atom. The molecule has 0 aliphatic rings. The number of amides is 1. The van der Waals surface area contributed by atoms with Gasteiger partial charge in [0.15, 0.2) is 0 Å². The highest BCUT2D eigenvalue weighted by Crippen LogP contribution is 2.28. The predicted molar refractivity (Wildman–Crippen MR) is 111 cm³/mol. The van der Waals surface area contributed by atoms with Crippen LogP contribution in [0.25, 0.3) is 21.8 Å². The van der Waals surface area contributed by atoms with E-state index in [-0.39, 0.29) is 5.91 Å². The molecule has 1 amide bonds. The Hall–Kier alpha value is -3.24. The number of carbonyl (C=O) groups is 1. The zero-order chi connectivity index (χ0) is 18.5. The van der Waals surface area contributed by atoms with E-state index in [2.05, 4.69) is 22.8 Å². The number of hydrogen-bond acceptors (Lipinski definition) is 3. The Morgan fingerprint density at radius 1 is 0.815 bits per heavy atom. The third-order valence-corrected chi connectivity index (χ3v) is 5.16. The molecule has 0 unspecified atom stereocenters. The van der Waals surface area contributed by atoms with Crippen molar-refractivity contribution < 1.29 is 4.79 Å². The van der Waals surface area contributed by atoms with Gasteiger partial charge in [0, 0.05) is 28.6 Å². The molecule has 27 heavy (non-hydrogen) atoms. The fourth-order valence-electron chi connectivity index (χ4n) is 2.79. The first-order valence-electron chi connectivity index (χ1n) is 8.73. The van der Waals surface area contributed by atoms with Crippen LogP contribution in [-0.4, -0.2) is 10.9 Å². The molecule has 132 valence electrons. The molecular weight excluding hydrogens is 352 g/mol. The molecule has 0 spiro atoms. The van der Waals surface area contributed by atoms with E-state index in [1.807, 2.05) is 72.8 Å². The van der Waals surface area contributed by atoms with Gasteiger partial charge in [0.2, 0.25) is 0 Å². The molecule has 4 heteroatoms. The summed E-state index contributed by atoms with van der Waals surface area (Å²) in [6.45, 7) is 0.500. The maximum absolute atomic E-state index is 12.1. The van der Waals surface area contributed by atoms with Crippen molar-refractivity contribution in [1.29, 1.82) is 0 Å². The van der Waals surface area contributed by atoms with Crippen molar-refractivity contribution in [3.8, 4) is 21.8 Å². The molecule has 0 atom stereocenters. The minimum Gasteiger partial charge on any atom is -0.348 e. The van der Waals surface area contributed by atoms with Crippen LogP contribution in [-0.2, 0) is 6.54 Å². The molecule has 4 aromatic rings. The van der Waals surface area contributed by atoms with Crippen LogP contribution in [0.2, 0.25) is 0 Å². The van der Waals surface area contributed by atoms with Gasteiger partial charge in [0.05, 0.1) is 5.69 Å². The largest absolute Gasteiger partial charge is 0.348 e. The molecule has 0 saturated carbocycles. The van der Waals surface area contributed by atoms with E-state index >= 15 is 0 Å². The summed E-state index contributed by atoms with van der Waals surface area (Å²) in [7, 11) is 0. The first-order chi connectivity index (χ1) is 13.3. The number of nitrogens with one attached hydrogen (secondary N) is 1. The van der Waals surface area contributed by atoms with Crippen molar-refractivity contribution in [2.45, 2.75) is 6.54 Å². The molecule has 0 aliphatic carbocycles. The van der Waals surface area contributed by atoms with Gasteiger partial charge in [-0.1, -0.05) is 72.8 Å². The molecule has 1 heterocycles. The van der Waals surface area contributed by atoms with Gasteiger partial charge in [-0.15, -0.1) is 11.3 Å². The molecule has 0 bridgehead atoms. The molecule has 3 aromatic carbocycles. The van der Waals surface area contributed by atoms with Crippen LogP contribution in [0.15, 0.2) is 90.3 Å². The van der Waals surface area contributed by atoms with E-state index in [9.17, 15) is 4.79 Å². The van der Waals surface area contributed by atoms with E-state index in [4.69, 9.17) is 4.98 Å². The van der Waals surface area contributed by atoms with Crippen LogP contribution in [0.4, 0.5) is 0 Å². The topological polar surface area (TPSA) is 42.0 Å². The number of carbonyl (C=O) groups excluding carboxylic acids is 1. The standard InChI is InChI=1S/C23H18N2OS/c26-22(19-7-3-1-4-8-19)24-15-17-11-13-18(14-12-17)21-16-27-23(25-21)20-9-5-2-6-10-20/h1-14,16H,15H2,(H,24,26). The summed E-state index contributed by atoms with van der Waals surface area (Å²) in [6.07, 6.45) is 0. The molecule has 1 N–H and O–H groups in total. The van der Waals surface area contributed by atoms with Crippen molar-refractivity contribution in [3.63, 3.8) is 0 Å². The molecule has 1 aromatic heterocycles. The monoisotopic (exact) mass is 370 g/mol. The van der Waals surface area contributed by atoms with E-state index < -0.39 is 0 Å². The maximum atomic E-state index is 12.1. The molecule has 0 aliphatic heterocycles. The summed E-state index contributed by atoms with van der Waals surface area (Å²) < 4.78 is 0. The second-order valence-corrected chi connectivity index (χ2v) is 7.01. The van der Waals surface area contributed by atoms with Gasteiger partial charge < -0.3 is 5.32 Å². The highest BCUT2D eigenvalue weighted by molar-refractivity contribution is 7.13. The van der Waals surface area contributed by atoms with E-state index in [1.165, 1.54) is 0 Å². The first kappa shape index (κ1) is 17.2. The van der Waals surface area contributed by atoms with Crippen molar-refractivity contribution in [1.82, 2.24) is 10.3 Å². The first-order valence-corrected chi connectivity index (χ1v) is 9.61. The zero-order valence-corrected chi connectivity index (χ0v) is 15.4. The highest BCUT2D eigenvalue weighted by Gasteiger charge is 2.07. The van der Waals surface area contributed by atoms with Crippen LogP contribution >= 0.6 is 11.3 Å². The summed E-state index contributed by atoms with van der Waals surface area (Å²) in [5, 5.41) is 6.04. The van der Waals surface area contributed by atoms with E-state index in [0.29, 0.717) is 12.1 Å². The van der Waals surface area contributed by atoms with Crippen molar-refractivity contribution in [2.75, 3.05) is 0 Å². The van der Waals surface area contributed by atoms with E-state index in [0.717, 1.165) is 27.4 Å². The van der Waals surface area contributed by atoms with Gasteiger partial charge in [0.25, 0.3) is 5.91 Å². The Balaban J connectivity index is 1.42. The third-order valence-electron chi connectivity index (χ3n) is 4.26. The molecule has 4 rings (SSSR count). The fourth-order valence-corrected chi connectivity index (χ4v) is 3.62. The van der Waals surface area contributed by atoms with Crippen LogP contribution in [0, 0.1) is 0 Å². The van der Waals surface area contributed by atoms with Crippen molar-refractivity contribution in [3.05, 3.63) is 101 Å². The number of hydrogen-bond donors (Lipinski definition) is 1. The SMILES string of the molecule is O=C(NCc1ccc(-c2csc(-c3ccccc3)n2)cc1)c1ccccc1. The fraction of sp³-hybridized carbons (Fsp3) is 0.0435. The second kappa shape index (κ2) is 7.98. The summed E-state index contributed by atoms with van der Waals surface area (Å²) in [5.41, 5.74) is 4.91. The van der Waals surface area contributed by atoms with Crippen LogP contribution in [0.1, 0.15) is 15.9 Å². The van der Waals surface area contributed by atoms with Crippen LogP contribution < -0.4 is 5.32 Å². The maximum Gasteiger partial charge on any atom is 0.251 e. The molecule has 0 saturated heterocycles. The lowest BCUT2D eigenvalue weighted by Gasteiger charge is -2.06. The van der Waals surface area contributed by atoms with Gasteiger partial charge in [-0.3, -0.25) is 4.79 Å². The third kappa shape index (κ3) is 4.13. The van der Waals surface area contributed by atoms with Crippen LogP contribution in [0.5, 0.6) is 0 Å². The number of rotatable bonds is 5. The van der Waals surface area contributed by atoms with Crippen molar-refractivity contribution in [2.24, 2.45) is 0 Å². The predicted octanol–water partition coefficient (Wildman–Crippen LogP) is 5.41. The van der Waals surface area contributed by atoms with Gasteiger partial charge in [-0.05, 0) is 17.7 Å². The molecule has 0 radical (unpaired) electrons. The zero-order valence-electron chi connectivity index (χ0n) is 14.6. The Labute approximate surface area is 162 Å². The Morgan fingerprint density at radius 3 is 2.19 bits per heavy atom. The average Bonchev–Trinajstić information content (AvgIpc) is 3.24. The highest BCUT2D eigenvalue weighted by atomic mass is 32.1. The lowest BCUT2D eigenvalue weighted by Crippen LogP contribution is -2.22. The van der Waals surface area contributed by atoms with Crippen molar-refractivity contribution >= 4 is 17.2 Å². The molecular formula is C23H18N2OS. The Bertz CT molecular complexity index is 1020.